The molecule has 1 aromatic heterocycles. The van der Waals surface area contributed by atoms with Crippen molar-refractivity contribution in [3.8, 4) is 5.75 Å². The maximum absolute atomic E-state index is 12.1. The van der Waals surface area contributed by atoms with Gasteiger partial charge >= 0.3 is 6.36 Å². The van der Waals surface area contributed by atoms with E-state index in [1.54, 1.807) is 16.8 Å². The van der Waals surface area contributed by atoms with Gasteiger partial charge in [0.15, 0.2) is 0 Å². The number of aromatic nitrogens is 2. The average molecular weight is 271 g/mol. The summed E-state index contributed by atoms with van der Waals surface area (Å²) in [5.74, 6) is 0.0704. The second kappa shape index (κ2) is 4.83. The molecule has 0 aliphatic heterocycles. The van der Waals surface area contributed by atoms with Gasteiger partial charge in [-0.15, -0.1) is 13.2 Å². The Labute approximate surface area is 107 Å². The second-order valence-corrected chi connectivity index (χ2v) is 4.04. The van der Waals surface area contributed by atoms with Crippen molar-refractivity contribution in [2.24, 2.45) is 0 Å². The molecule has 0 fully saturated rings. The summed E-state index contributed by atoms with van der Waals surface area (Å²) in [5.41, 5.74) is 7.15. The fraction of sp³-hybridized carbons (Fsp3) is 0.250. The van der Waals surface area contributed by atoms with Crippen molar-refractivity contribution in [3.05, 3.63) is 41.7 Å². The lowest BCUT2D eigenvalue weighted by Gasteiger charge is -2.11. The van der Waals surface area contributed by atoms with E-state index < -0.39 is 6.36 Å². The third-order valence-corrected chi connectivity index (χ3v) is 2.56. The first-order valence-electron chi connectivity index (χ1n) is 5.47. The minimum Gasteiger partial charge on any atom is -0.406 e. The third kappa shape index (κ3) is 3.40. The second-order valence-electron chi connectivity index (χ2n) is 4.04. The number of anilines is 1. The van der Waals surface area contributed by atoms with Gasteiger partial charge in [-0.1, -0.05) is 12.1 Å². The molecular formula is C12H12F3N3O. The zero-order chi connectivity index (χ0) is 14.0. The first-order valence-corrected chi connectivity index (χ1v) is 5.47. The van der Waals surface area contributed by atoms with E-state index in [1.165, 1.54) is 18.2 Å². The molecular weight excluding hydrogens is 259 g/mol. The summed E-state index contributed by atoms with van der Waals surface area (Å²) in [4.78, 5) is 3.92. The van der Waals surface area contributed by atoms with E-state index in [0.717, 1.165) is 5.69 Å². The van der Waals surface area contributed by atoms with Crippen LogP contribution >= 0.6 is 0 Å². The van der Waals surface area contributed by atoms with Crippen LogP contribution in [0.2, 0.25) is 0 Å². The summed E-state index contributed by atoms with van der Waals surface area (Å²) < 4.78 is 41.9. The maximum Gasteiger partial charge on any atom is 0.573 e. The number of benzene rings is 1. The van der Waals surface area contributed by atoms with Crippen molar-refractivity contribution < 1.29 is 17.9 Å². The summed E-state index contributed by atoms with van der Waals surface area (Å²) in [5, 5.41) is 0. The molecule has 0 unspecified atom stereocenters. The van der Waals surface area contributed by atoms with Gasteiger partial charge in [0.1, 0.15) is 5.75 Å². The lowest BCUT2D eigenvalue weighted by molar-refractivity contribution is -0.274. The number of imidazole rings is 1. The number of nitrogen functional groups attached to an aromatic ring is 1. The van der Waals surface area contributed by atoms with Gasteiger partial charge in [0.25, 0.3) is 0 Å². The standard InChI is InChI=1S/C12H12F3N3O/c1-8-6-17-11(16)18(8)7-9-3-2-4-10(5-9)19-12(13,14)15/h2-6H,7H2,1H3,(H2,16,17). The highest BCUT2D eigenvalue weighted by Crippen LogP contribution is 2.24. The lowest BCUT2D eigenvalue weighted by atomic mass is 10.2. The SMILES string of the molecule is Cc1cnc(N)n1Cc1cccc(OC(F)(F)F)c1. The minimum atomic E-state index is -4.69. The summed E-state index contributed by atoms with van der Waals surface area (Å²) in [6.07, 6.45) is -3.09. The fourth-order valence-electron chi connectivity index (χ4n) is 1.71. The van der Waals surface area contributed by atoms with Crippen LogP contribution in [-0.4, -0.2) is 15.9 Å². The Bertz CT molecular complexity index is 558. The highest BCUT2D eigenvalue weighted by Gasteiger charge is 2.31. The van der Waals surface area contributed by atoms with E-state index in [4.69, 9.17) is 5.73 Å². The monoisotopic (exact) mass is 271 g/mol. The first kappa shape index (κ1) is 13.3. The Hall–Kier alpha value is -2.18. The smallest absolute Gasteiger partial charge is 0.406 e. The van der Waals surface area contributed by atoms with Gasteiger partial charge in [-0.3, -0.25) is 0 Å². The molecule has 0 radical (unpaired) electrons. The third-order valence-electron chi connectivity index (χ3n) is 2.56. The lowest BCUT2D eigenvalue weighted by Crippen LogP contribution is -2.17. The molecule has 0 aliphatic rings. The molecule has 2 rings (SSSR count). The van der Waals surface area contributed by atoms with Crippen molar-refractivity contribution in [1.82, 2.24) is 9.55 Å². The van der Waals surface area contributed by atoms with Gasteiger partial charge in [0.2, 0.25) is 5.95 Å². The zero-order valence-electron chi connectivity index (χ0n) is 10.1. The number of rotatable bonds is 3. The number of nitrogens with two attached hydrogens (primary N) is 1. The van der Waals surface area contributed by atoms with E-state index in [1.807, 2.05) is 6.92 Å². The van der Waals surface area contributed by atoms with Crippen molar-refractivity contribution in [3.63, 3.8) is 0 Å². The van der Waals surface area contributed by atoms with Crippen LogP contribution in [0.25, 0.3) is 0 Å². The molecule has 102 valence electrons. The summed E-state index contributed by atoms with van der Waals surface area (Å²) >= 11 is 0. The maximum atomic E-state index is 12.1. The van der Waals surface area contributed by atoms with Crippen LogP contribution in [0, 0.1) is 6.92 Å². The van der Waals surface area contributed by atoms with Gasteiger partial charge < -0.3 is 15.0 Å². The molecule has 0 aliphatic carbocycles. The molecule has 2 aromatic rings. The molecule has 1 aromatic carbocycles. The Kier molecular flexibility index (Phi) is 3.37. The first-order chi connectivity index (χ1) is 8.85. The van der Waals surface area contributed by atoms with Crippen LogP contribution in [0.3, 0.4) is 0 Å². The Morgan fingerprint density at radius 2 is 2.11 bits per heavy atom. The van der Waals surface area contributed by atoms with E-state index >= 15 is 0 Å². The predicted octanol–water partition coefficient (Wildman–Crippen LogP) is 2.72. The van der Waals surface area contributed by atoms with Crippen LogP contribution in [0.5, 0.6) is 5.75 Å². The quantitative estimate of drug-likeness (QED) is 0.933. The van der Waals surface area contributed by atoms with Crippen molar-refractivity contribution in [1.29, 1.82) is 0 Å². The molecule has 0 bridgehead atoms. The number of ether oxygens (including phenoxy) is 1. The summed E-state index contributed by atoms with van der Waals surface area (Å²) in [7, 11) is 0. The highest BCUT2D eigenvalue weighted by atomic mass is 19.4. The zero-order valence-corrected chi connectivity index (χ0v) is 10.1. The molecule has 2 N–H and O–H groups in total. The predicted molar refractivity (Wildman–Crippen MR) is 63.6 cm³/mol. The molecule has 0 spiro atoms. The minimum absolute atomic E-state index is 0.249. The Morgan fingerprint density at radius 3 is 2.68 bits per heavy atom. The molecule has 0 atom stereocenters. The van der Waals surface area contributed by atoms with Crippen LogP contribution < -0.4 is 10.5 Å². The number of hydrogen-bond donors (Lipinski definition) is 1. The van der Waals surface area contributed by atoms with Gasteiger partial charge in [0, 0.05) is 5.69 Å². The van der Waals surface area contributed by atoms with Crippen LogP contribution in [0.4, 0.5) is 19.1 Å². The van der Waals surface area contributed by atoms with Gasteiger partial charge in [0.05, 0.1) is 12.7 Å². The number of nitrogens with zero attached hydrogens (tertiary/aromatic N) is 2. The van der Waals surface area contributed by atoms with E-state index in [2.05, 4.69) is 9.72 Å². The van der Waals surface area contributed by atoms with Gasteiger partial charge in [-0.05, 0) is 24.6 Å². The van der Waals surface area contributed by atoms with Crippen molar-refractivity contribution in [2.75, 3.05) is 5.73 Å². The number of halogens is 3. The molecule has 4 nitrogen and oxygen atoms in total. The van der Waals surface area contributed by atoms with Crippen LogP contribution in [0.15, 0.2) is 30.5 Å². The van der Waals surface area contributed by atoms with Crippen molar-refractivity contribution in [2.45, 2.75) is 19.8 Å². The Morgan fingerprint density at radius 1 is 1.37 bits per heavy atom. The Balaban J connectivity index is 2.20. The molecule has 0 amide bonds. The van der Waals surface area contributed by atoms with E-state index in [0.29, 0.717) is 18.1 Å². The summed E-state index contributed by atoms with van der Waals surface area (Å²) in [6.45, 7) is 2.16. The van der Waals surface area contributed by atoms with Crippen LogP contribution in [0.1, 0.15) is 11.3 Å². The van der Waals surface area contributed by atoms with Gasteiger partial charge in [-0.25, -0.2) is 4.98 Å². The van der Waals surface area contributed by atoms with E-state index in [9.17, 15) is 13.2 Å². The van der Waals surface area contributed by atoms with Crippen molar-refractivity contribution >= 4 is 5.95 Å². The average Bonchev–Trinajstić information content (AvgIpc) is 2.59. The fourth-order valence-corrected chi connectivity index (χ4v) is 1.71. The molecule has 1 heterocycles. The van der Waals surface area contributed by atoms with Gasteiger partial charge in [-0.2, -0.15) is 0 Å². The number of aryl methyl sites for hydroxylation is 1. The number of alkyl halides is 3. The molecule has 19 heavy (non-hydrogen) atoms. The molecule has 7 heteroatoms. The molecule has 0 saturated carbocycles. The number of hydrogen-bond acceptors (Lipinski definition) is 3. The topological polar surface area (TPSA) is 53.1 Å². The highest BCUT2D eigenvalue weighted by molar-refractivity contribution is 5.31. The van der Waals surface area contributed by atoms with Crippen LogP contribution in [-0.2, 0) is 6.54 Å². The summed E-state index contributed by atoms with van der Waals surface area (Å²) in [6, 6.07) is 5.77. The van der Waals surface area contributed by atoms with E-state index in [-0.39, 0.29) is 5.75 Å². The largest absolute Gasteiger partial charge is 0.573 e. The normalized spacial score (nSPS) is 11.6. The molecule has 0 saturated heterocycles.